The van der Waals surface area contributed by atoms with E-state index >= 15 is 0 Å². The Hall–Kier alpha value is -1.68. The highest BCUT2D eigenvalue weighted by Crippen LogP contribution is 2.42. The van der Waals surface area contributed by atoms with E-state index < -0.39 is 0 Å². The van der Waals surface area contributed by atoms with Crippen molar-refractivity contribution in [3.05, 3.63) is 42.4 Å². The largest absolute Gasteiger partial charge is 0.313 e. The fraction of sp³-hybridized carbons (Fsp3) is 0.467. The number of hydrogen-bond acceptors (Lipinski definition) is 3. The van der Waals surface area contributed by atoms with Crippen molar-refractivity contribution in [2.45, 2.75) is 25.3 Å². The first-order valence-electron chi connectivity index (χ1n) is 7.10. The van der Waals surface area contributed by atoms with Crippen molar-refractivity contribution in [2.24, 2.45) is 11.8 Å². The average Bonchev–Trinajstić information content (AvgIpc) is 2.99. The molecule has 2 aromatic rings. The lowest BCUT2D eigenvalue weighted by Gasteiger charge is -2.40. The second kappa shape index (κ2) is 4.46. The minimum atomic E-state index is 0.683. The maximum absolute atomic E-state index is 4.26. The van der Waals surface area contributed by atoms with Crippen molar-refractivity contribution in [3.63, 3.8) is 0 Å². The van der Waals surface area contributed by atoms with E-state index in [1.165, 1.54) is 12.8 Å². The maximum Gasteiger partial charge on any atom is 0.160 e. The van der Waals surface area contributed by atoms with Gasteiger partial charge in [-0.3, -0.25) is 4.40 Å². The first kappa shape index (κ1) is 11.2. The van der Waals surface area contributed by atoms with Gasteiger partial charge < -0.3 is 5.32 Å². The van der Waals surface area contributed by atoms with Gasteiger partial charge in [0.05, 0.1) is 0 Å². The Balaban J connectivity index is 1.36. The average molecular weight is 254 g/mol. The van der Waals surface area contributed by atoms with Crippen LogP contribution in [-0.2, 0) is 6.42 Å². The Labute approximate surface area is 112 Å². The smallest absolute Gasteiger partial charge is 0.160 e. The topological polar surface area (TPSA) is 42.2 Å². The molecule has 2 heterocycles. The zero-order chi connectivity index (χ0) is 12.7. The van der Waals surface area contributed by atoms with Gasteiger partial charge in [0.25, 0.3) is 0 Å². The molecule has 4 nitrogen and oxygen atoms in total. The number of pyridine rings is 1. The summed E-state index contributed by atoms with van der Waals surface area (Å²) in [5.74, 6) is 2.75. The van der Waals surface area contributed by atoms with Crippen LogP contribution in [0.15, 0.2) is 36.5 Å². The summed E-state index contributed by atoms with van der Waals surface area (Å²) < 4.78 is 2.07. The zero-order valence-corrected chi connectivity index (χ0v) is 10.9. The van der Waals surface area contributed by atoms with Crippen molar-refractivity contribution >= 4 is 5.65 Å². The van der Waals surface area contributed by atoms with Crippen molar-refractivity contribution in [1.82, 2.24) is 19.9 Å². The Kier molecular flexibility index (Phi) is 2.62. The molecule has 2 aliphatic rings. The molecule has 1 fully saturated rings. The monoisotopic (exact) mass is 254 g/mol. The van der Waals surface area contributed by atoms with Gasteiger partial charge in [0.2, 0.25) is 0 Å². The lowest BCUT2D eigenvalue weighted by Crippen LogP contribution is -2.48. The van der Waals surface area contributed by atoms with Crippen LogP contribution < -0.4 is 5.32 Å². The number of aromatic nitrogens is 3. The zero-order valence-electron chi connectivity index (χ0n) is 10.9. The number of fused-ring (bicyclic) bond motifs is 2. The van der Waals surface area contributed by atoms with Crippen LogP contribution in [0.5, 0.6) is 0 Å². The van der Waals surface area contributed by atoms with E-state index in [4.69, 9.17) is 0 Å². The van der Waals surface area contributed by atoms with Gasteiger partial charge in [-0.2, -0.15) is 0 Å². The second-order valence-electron chi connectivity index (χ2n) is 5.59. The quantitative estimate of drug-likeness (QED) is 0.846. The molecule has 0 spiro atoms. The molecule has 19 heavy (non-hydrogen) atoms. The van der Waals surface area contributed by atoms with Crippen molar-refractivity contribution < 1.29 is 0 Å². The number of rotatable bonds is 4. The SMILES string of the molecule is C1=C[C@H]2[C@H](C1)C[C@@H]2NCCc1nnc2ccccn12. The van der Waals surface area contributed by atoms with E-state index in [1.807, 2.05) is 24.4 Å². The number of hydrogen-bond donors (Lipinski definition) is 1. The van der Waals surface area contributed by atoms with E-state index in [1.54, 1.807) is 0 Å². The molecule has 2 aromatic heterocycles. The van der Waals surface area contributed by atoms with Crippen molar-refractivity contribution in [1.29, 1.82) is 0 Å². The Morgan fingerprint density at radius 1 is 1.32 bits per heavy atom. The lowest BCUT2D eigenvalue weighted by molar-refractivity contribution is 0.164. The van der Waals surface area contributed by atoms with Gasteiger partial charge in [-0.15, -0.1) is 10.2 Å². The van der Waals surface area contributed by atoms with Crippen LogP contribution >= 0.6 is 0 Å². The third-order valence-electron chi connectivity index (χ3n) is 4.50. The molecule has 3 atom stereocenters. The molecule has 0 aliphatic heterocycles. The molecule has 0 unspecified atom stereocenters. The molecular weight excluding hydrogens is 236 g/mol. The second-order valence-corrected chi connectivity index (χ2v) is 5.59. The number of nitrogens with one attached hydrogen (secondary N) is 1. The molecule has 0 aromatic carbocycles. The summed E-state index contributed by atoms with van der Waals surface area (Å²) in [6.45, 7) is 0.984. The van der Waals surface area contributed by atoms with E-state index in [9.17, 15) is 0 Å². The van der Waals surface area contributed by atoms with Gasteiger partial charge in [0, 0.05) is 25.2 Å². The molecule has 0 amide bonds. The molecule has 1 saturated carbocycles. The van der Waals surface area contributed by atoms with Crippen molar-refractivity contribution in [3.8, 4) is 0 Å². The van der Waals surface area contributed by atoms with Crippen LogP contribution in [0.4, 0.5) is 0 Å². The minimum absolute atomic E-state index is 0.683. The van der Waals surface area contributed by atoms with Crippen LogP contribution in [-0.4, -0.2) is 27.2 Å². The molecule has 4 rings (SSSR count). The molecular formula is C15H18N4. The van der Waals surface area contributed by atoms with Gasteiger partial charge in [0.15, 0.2) is 5.65 Å². The van der Waals surface area contributed by atoms with Crippen LogP contribution in [0.3, 0.4) is 0 Å². The molecule has 2 aliphatic carbocycles. The summed E-state index contributed by atoms with van der Waals surface area (Å²) in [4.78, 5) is 0. The van der Waals surface area contributed by atoms with E-state index in [0.717, 1.165) is 36.3 Å². The number of allylic oxidation sites excluding steroid dienone is 1. The van der Waals surface area contributed by atoms with Gasteiger partial charge in [-0.05, 0) is 36.8 Å². The first-order chi connectivity index (χ1) is 9.42. The van der Waals surface area contributed by atoms with Crippen LogP contribution in [0.25, 0.3) is 5.65 Å². The summed E-state index contributed by atoms with van der Waals surface area (Å²) in [5, 5.41) is 12.1. The van der Waals surface area contributed by atoms with Gasteiger partial charge >= 0.3 is 0 Å². The molecule has 4 heteroatoms. The molecule has 0 bridgehead atoms. The van der Waals surface area contributed by atoms with Crippen molar-refractivity contribution in [2.75, 3.05) is 6.54 Å². The standard InChI is InChI=1S/C15H18N4/c1-2-9-19-14(6-1)17-18-15(19)7-8-16-13-10-11-4-3-5-12(11)13/h1-3,5-6,9,11-13,16H,4,7-8,10H2/t11-,12+,13+/m1/s1. The summed E-state index contributed by atoms with van der Waals surface area (Å²) in [6.07, 6.45) is 10.3. The molecule has 1 N–H and O–H groups in total. The van der Waals surface area contributed by atoms with E-state index in [-0.39, 0.29) is 0 Å². The minimum Gasteiger partial charge on any atom is -0.313 e. The maximum atomic E-state index is 4.26. The lowest BCUT2D eigenvalue weighted by atomic mass is 9.71. The highest BCUT2D eigenvalue weighted by Gasteiger charge is 2.40. The van der Waals surface area contributed by atoms with E-state index in [0.29, 0.717) is 6.04 Å². The number of nitrogens with zero attached hydrogens (tertiary/aromatic N) is 3. The van der Waals surface area contributed by atoms with Gasteiger partial charge in [-0.1, -0.05) is 18.2 Å². The predicted molar refractivity (Wildman–Crippen MR) is 73.8 cm³/mol. The Morgan fingerprint density at radius 3 is 3.26 bits per heavy atom. The fourth-order valence-electron chi connectivity index (χ4n) is 3.38. The first-order valence-corrected chi connectivity index (χ1v) is 7.10. The summed E-state index contributed by atoms with van der Waals surface area (Å²) >= 11 is 0. The summed E-state index contributed by atoms with van der Waals surface area (Å²) in [6, 6.07) is 6.69. The van der Waals surface area contributed by atoms with Gasteiger partial charge in [-0.25, -0.2) is 0 Å². The molecule has 0 radical (unpaired) electrons. The highest BCUT2D eigenvalue weighted by molar-refractivity contribution is 5.37. The predicted octanol–water partition coefficient (Wildman–Crippen LogP) is 1.83. The highest BCUT2D eigenvalue weighted by atomic mass is 15.2. The van der Waals surface area contributed by atoms with Crippen LogP contribution in [0, 0.1) is 11.8 Å². The molecule has 0 saturated heterocycles. The third kappa shape index (κ3) is 1.87. The summed E-state index contributed by atoms with van der Waals surface area (Å²) in [5.41, 5.74) is 0.930. The third-order valence-corrected chi connectivity index (χ3v) is 4.50. The summed E-state index contributed by atoms with van der Waals surface area (Å²) in [7, 11) is 0. The van der Waals surface area contributed by atoms with Crippen LogP contribution in [0.1, 0.15) is 18.7 Å². The Morgan fingerprint density at radius 2 is 2.32 bits per heavy atom. The fourth-order valence-corrected chi connectivity index (χ4v) is 3.38. The van der Waals surface area contributed by atoms with E-state index in [2.05, 4.69) is 32.1 Å². The molecule has 98 valence electrons. The normalized spacial score (nSPS) is 28.5. The van der Waals surface area contributed by atoms with Crippen LogP contribution in [0.2, 0.25) is 0 Å². The van der Waals surface area contributed by atoms with Gasteiger partial charge in [0.1, 0.15) is 5.82 Å². The Bertz CT molecular complexity index is 615.